The minimum Gasteiger partial charge on any atom is -0.458 e. The monoisotopic (exact) mass is 246 g/mol. The molecule has 18 heavy (non-hydrogen) atoms. The molecule has 0 aliphatic heterocycles. The van der Waals surface area contributed by atoms with Crippen LogP contribution in [0.25, 0.3) is 11.0 Å². The summed E-state index contributed by atoms with van der Waals surface area (Å²) < 4.78 is 5.86. The Bertz CT molecular complexity index is 549. The molecule has 2 rings (SSSR count). The fourth-order valence-corrected chi connectivity index (χ4v) is 2.28. The van der Waals surface area contributed by atoms with Crippen LogP contribution in [0.1, 0.15) is 56.6 Å². The molecule has 0 aliphatic carbocycles. The van der Waals surface area contributed by atoms with E-state index in [-0.39, 0.29) is 5.92 Å². The van der Waals surface area contributed by atoms with Crippen LogP contribution in [0.4, 0.5) is 0 Å². The predicted octanol–water partition coefficient (Wildman–Crippen LogP) is 4.55. The topological polar surface area (TPSA) is 33.4 Å². The Labute approximate surface area is 109 Å². The average Bonchev–Trinajstić information content (AvgIpc) is 2.73. The van der Waals surface area contributed by atoms with E-state index < -0.39 is 6.10 Å². The van der Waals surface area contributed by atoms with Gasteiger partial charge in [0.25, 0.3) is 0 Å². The fourth-order valence-electron chi connectivity index (χ4n) is 2.28. The molecule has 1 atom stereocenters. The van der Waals surface area contributed by atoms with Crippen LogP contribution >= 0.6 is 0 Å². The van der Waals surface area contributed by atoms with Gasteiger partial charge in [-0.1, -0.05) is 39.8 Å². The van der Waals surface area contributed by atoms with Gasteiger partial charge in [-0.3, -0.25) is 0 Å². The smallest absolute Gasteiger partial charge is 0.137 e. The molecule has 1 aromatic carbocycles. The normalized spacial score (nSPS) is 13.8. The maximum atomic E-state index is 10.1. The maximum absolute atomic E-state index is 10.1. The van der Waals surface area contributed by atoms with Gasteiger partial charge in [-0.15, -0.1) is 0 Å². The third-order valence-electron chi connectivity index (χ3n) is 3.48. The first-order valence-electron chi connectivity index (χ1n) is 6.62. The van der Waals surface area contributed by atoms with E-state index in [2.05, 4.69) is 26.0 Å². The highest BCUT2D eigenvalue weighted by atomic mass is 16.4. The van der Waals surface area contributed by atoms with E-state index >= 15 is 0 Å². The Hall–Kier alpha value is -1.28. The van der Waals surface area contributed by atoms with Crippen molar-refractivity contribution in [1.29, 1.82) is 0 Å². The summed E-state index contributed by atoms with van der Waals surface area (Å²) in [6.45, 7) is 10.4. The Morgan fingerprint density at radius 2 is 1.78 bits per heavy atom. The SMILES string of the molecule is Cc1ccc(C(C)C)c2cc(C(O)C(C)C)oc12. The molecule has 2 nitrogen and oxygen atoms in total. The Balaban J connectivity index is 2.62. The summed E-state index contributed by atoms with van der Waals surface area (Å²) in [7, 11) is 0. The predicted molar refractivity (Wildman–Crippen MR) is 74.8 cm³/mol. The fraction of sp³-hybridized carbons (Fsp3) is 0.500. The van der Waals surface area contributed by atoms with E-state index in [9.17, 15) is 5.11 Å². The Morgan fingerprint density at radius 3 is 2.33 bits per heavy atom. The summed E-state index contributed by atoms with van der Waals surface area (Å²) in [5.41, 5.74) is 3.31. The lowest BCUT2D eigenvalue weighted by Gasteiger charge is -2.10. The number of fused-ring (bicyclic) bond motifs is 1. The van der Waals surface area contributed by atoms with Crippen LogP contribution in [0, 0.1) is 12.8 Å². The maximum Gasteiger partial charge on any atom is 0.137 e. The van der Waals surface area contributed by atoms with Gasteiger partial charge in [0, 0.05) is 5.39 Å². The molecule has 0 saturated carbocycles. The van der Waals surface area contributed by atoms with Crippen molar-refractivity contribution in [1.82, 2.24) is 0 Å². The number of aryl methyl sites for hydroxylation is 1. The molecule has 0 fully saturated rings. The summed E-state index contributed by atoms with van der Waals surface area (Å²) in [6, 6.07) is 6.25. The molecule has 2 heteroatoms. The molecule has 0 aliphatic rings. The van der Waals surface area contributed by atoms with E-state index in [1.165, 1.54) is 5.56 Å². The van der Waals surface area contributed by atoms with E-state index in [4.69, 9.17) is 4.42 Å². The van der Waals surface area contributed by atoms with Crippen molar-refractivity contribution in [2.45, 2.75) is 46.6 Å². The van der Waals surface area contributed by atoms with Crippen LogP contribution in [0.15, 0.2) is 22.6 Å². The van der Waals surface area contributed by atoms with Crippen molar-refractivity contribution >= 4 is 11.0 Å². The molecule has 0 saturated heterocycles. The van der Waals surface area contributed by atoms with Gasteiger partial charge in [0.05, 0.1) is 0 Å². The number of benzene rings is 1. The number of rotatable bonds is 3. The first-order chi connectivity index (χ1) is 8.41. The number of furan rings is 1. The summed E-state index contributed by atoms with van der Waals surface area (Å²) in [4.78, 5) is 0. The quantitative estimate of drug-likeness (QED) is 0.861. The summed E-state index contributed by atoms with van der Waals surface area (Å²) >= 11 is 0. The lowest BCUT2D eigenvalue weighted by molar-refractivity contribution is 0.104. The van der Waals surface area contributed by atoms with Crippen molar-refractivity contribution < 1.29 is 9.52 Å². The number of hydrogen-bond donors (Lipinski definition) is 1. The van der Waals surface area contributed by atoms with Gasteiger partial charge >= 0.3 is 0 Å². The molecule has 1 aromatic heterocycles. The molecule has 0 spiro atoms. The molecule has 1 N–H and O–H groups in total. The van der Waals surface area contributed by atoms with Crippen LogP contribution in [0.5, 0.6) is 0 Å². The van der Waals surface area contributed by atoms with Gasteiger partial charge in [-0.25, -0.2) is 0 Å². The highest BCUT2D eigenvalue weighted by Crippen LogP contribution is 2.34. The summed E-state index contributed by atoms with van der Waals surface area (Å²) in [5, 5.41) is 11.3. The highest BCUT2D eigenvalue weighted by molar-refractivity contribution is 5.85. The standard InChI is InChI=1S/C16H22O2/c1-9(2)12-7-6-11(5)16-13(12)8-14(18-16)15(17)10(3)4/h6-10,15,17H,1-5H3. The van der Waals surface area contributed by atoms with E-state index in [1.54, 1.807) is 0 Å². The molecule has 1 heterocycles. The van der Waals surface area contributed by atoms with Crippen LogP contribution in [-0.2, 0) is 0 Å². The van der Waals surface area contributed by atoms with Gasteiger partial charge in [0.15, 0.2) is 0 Å². The molecule has 0 amide bonds. The average molecular weight is 246 g/mol. The highest BCUT2D eigenvalue weighted by Gasteiger charge is 2.19. The lowest BCUT2D eigenvalue weighted by atomic mass is 9.97. The van der Waals surface area contributed by atoms with Gasteiger partial charge in [-0.05, 0) is 36.0 Å². The molecular weight excluding hydrogens is 224 g/mol. The second kappa shape index (κ2) is 4.77. The minimum absolute atomic E-state index is 0.161. The molecule has 1 unspecified atom stereocenters. The summed E-state index contributed by atoms with van der Waals surface area (Å²) in [6.07, 6.45) is -0.531. The van der Waals surface area contributed by atoms with Crippen LogP contribution in [-0.4, -0.2) is 5.11 Å². The zero-order valence-corrected chi connectivity index (χ0v) is 11.8. The lowest BCUT2D eigenvalue weighted by Crippen LogP contribution is -2.03. The number of aliphatic hydroxyl groups is 1. The van der Waals surface area contributed by atoms with Gasteiger partial charge < -0.3 is 9.52 Å². The van der Waals surface area contributed by atoms with Crippen LogP contribution < -0.4 is 0 Å². The molecular formula is C16H22O2. The number of aliphatic hydroxyl groups excluding tert-OH is 1. The summed E-state index contributed by atoms with van der Waals surface area (Å²) in [5.74, 6) is 1.29. The van der Waals surface area contributed by atoms with E-state index in [0.29, 0.717) is 11.7 Å². The van der Waals surface area contributed by atoms with Crippen molar-refractivity contribution in [3.05, 3.63) is 35.1 Å². The largest absolute Gasteiger partial charge is 0.458 e. The van der Waals surface area contributed by atoms with Crippen molar-refractivity contribution in [2.24, 2.45) is 5.92 Å². The molecule has 0 radical (unpaired) electrons. The first kappa shape index (κ1) is 13.2. The third-order valence-corrected chi connectivity index (χ3v) is 3.48. The second-order valence-corrected chi connectivity index (χ2v) is 5.71. The first-order valence-corrected chi connectivity index (χ1v) is 6.62. The van der Waals surface area contributed by atoms with Crippen molar-refractivity contribution in [3.63, 3.8) is 0 Å². The zero-order chi connectivity index (χ0) is 13.4. The van der Waals surface area contributed by atoms with Gasteiger partial charge in [-0.2, -0.15) is 0 Å². The second-order valence-electron chi connectivity index (χ2n) is 5.71. The zero-order valence-electron chi connectivity index (χ0n) is 11.8. The Morgan fingerprint density at radius 1 is 1.11 bits per heavy atom. The number of hydrogen-bond acceptors (Lipinski definition) is 2. The molecule has 2 aromatic rings. The van der Waals surface area contributed by atoms with Crippen molar-refractivity contribution in [2.75, 3.05) is 0 Å². The van der Waals surface area contributed by atoms with Gasteiger partial charge in [0.1, 0.15) is 17.4 Å². The van der Waals surface area contributed by atoms with E-state index in [1.807, 2.05) is 26.8 Å². The minimum atomic E-state index is -0.531. The van der Waals surface area contributed by atoms with Gasteiger partial charge in [0.2, 0.25) is 0 Å². The van der Waals surface area contributed by atoms with Crippen LogP contribution in [0.2, 0.25) is 0 Å². The van der Waals surface area contributed by atoms with E-state index in [0.717, 1.165) is 16.5 Å². The van der Waals surface area contributed by atoms with Crippen molar-refractivity contribution in [3.8, 4) is 0 Å². The van der Waals surface area contributed by atoms with Crippen LogP contribution in [0.3, 0.4) is 0 Å². The Kier molecular flexibility index (Phi) is 3.49. The molecule has 0 bridgehead atoms. The third kappa shape index (κ3) is 2.17. The molecule has 98 valence electrons.